The van der Waals surface area contributed by atoms with Crippen LogP contribution < -0.4 is 10.1 Å². The standard InChI is InChI=1S/C26H25ClFN3O3S/c27-17-2-1-3-19(14-17)29-26(33)31(20-6-7-20)15-25(32)30-12-10-24-22(11-13-35-24)23(30)16-34-21-8-4-18(28)5-9-21/h1-5,8-9,11,13-14,20,23H,6-7,10,12,15-16H2,(H,29,33)/t23-/m0/s1. The van der Waals surface area contributed by atoms with Crippen molar-refractivity contribution in [3.63, 3.8) is 0 Å². The third-order valence-electron chi connectivity index (χ3n) is 6.27. The average molecular weight is 514 g/mol. The second-order valence-corrected chi connectivity index (χ2v) is 10.2. The number of thiophene rings is 1. The van der Waals surface area contributed by atoms with E-state index in [0.717, 1.165) is 24.8 Å². The van der Waals surface area contributed by atoms with Crippen LogP contribution >= 0.6 is 22.9 Å². The van der Waals surface area contributed by atoms with Gasteiger partial charge in [0.05, 0.1) is 6.04 Å². The van der Waals surface area contributed by atoms with Crippen molar-refractivity contribution in [1.82, 2.24) is 9.80 Å². The van der Waals surface area contributed by atoms with Crippen molar-refractivity contribution in [3.05, 3.63) is 81.3 Å². The summed E-state index contributed by atoms with van der Waals surface area (Å²) in [5, 5.41) is 5.42. The van der Waals surface area contributed by atoms with Gasteiger partial charge >= 0.3 is 6.03 Å². The Morgan fingerprint density at radius 2 is 1.97 bits per heavy atom. The van der Waals surface area contributed by atoms with Gasteiger partial charge in [-0.2, -0.15) is 0 Å². The van der Waals surface area contributed by atoms with Crippen LogP contribution in [0.5, 0.6) is 5.75 Å². The Morgan fingerprint density at radius 1 is 1.17 bits per heavy atom. The van der Waals surface area contributed by atoms with Crippen LogP contribution in [0, 0.1) is 5.82 Å². The number of amides is 3. The molecule has 0 unspecified atom stereocenters. The van der Waals surface area contributed by atoms with Crippen molar-refractivity contribution in [2.45, 2.75) is 31.3 Å². The molecule has 3 amide bonds. The molecule has 0 saturated heterocycles. The molecule has 1 fully saturated rings. The van der Waals surface area contributed by atoms with Crippen LogP contribution in [0.4, 0.5) is 14.9 Å². The van der Waals surface area contributed by atoms with E-state index in [2.05, 4.69) is 5.32 Å². The van der Waals surface area contributed by atoms with Gasteiger partial charge in [-0.25, -0.2) is 9.18 Å². The third-order valence-corrected chi connectivity index (χ3v) is 7.50. The highest BCUT2D eigenvalue weighted by Gasteiger charge is 2.38. The summed E-state index contributed by atoms with van der Waals surface area (Å²) in [6.07, 6.45) is 2.52. The van der Waals surface area contributed by atoms with Crippen LogP contribution in [0.25, 0.3) is 0 Å². The molecule has 0 bridgehead atoms. The fourth-order valence-electron chi connectivity index (χ4n) is 4.33. The lowest BCUT2D eigenvalue weighted by molar-refractivity contribution is -0.135. The number of hydrogen-bond acceptors (Lipinski definition) is 4. The van der Waals surface area contributed by atoms with E-state index in [9.17, 15) is 14.0 Å². The van der Waals surface area contributed by atoms with Crippen molar-refractivity contribution in [2.24, 2.45) is 0 Å². The topological polar surface area (TPSA) is 61.9 Å². The quantitative estimate of drug-likeness (QED) is 0.438. The van der Waals surface area contributed by atoms with Crippen LogP contribution in [0.15, 0.2) is 60.0 Å². The average Bonchev–Trinajstić information content (AvgIpc) is 3.57. The predicted molar refractivity (Wildman–Crippen MR) is 135 cm³/mol. The van der Waals surface area contributed by atoms with Gasteiger partial charge in [0.2, 0.25) is 5.91 Å². The maximum Gasteiger partial charge on any atom is 0.322 e. The van der Waals surface area contributed by atoms with Gasteiger partial charge in [0.1, 0.15) is 24.7 Å². The fourth-order valence-corrected chi connectivity index (χ4v) is 5.45. The van der Waals surface area contributed by atoms with Crippen molar-refractivity contribution >= 4 is 40.6 Å². The SMILES string of the molecule is O=C(Nc1cccc(Cl)c1)N(CC(=O)N1CCc2sccc2[C@@H]1COc1ccc(F)cc1)C1CC1. The number of rotatable bonds is 7. The number of ether oxygens (including phenoxy) is 1. The van der Waals surface area contributed by atoms with Crippen molar-refractivity contribution < 1.29 is 18.7 Å². The lowest BCUT2D eigenvalue weighted by atomic mass is 10.0. The molecule has 1 aromatic heterocycles. The molecule has 2 aliphatic rings. The Balaban J connectivity index is 1.30. The smallest absolute Gasteiger partial charge is 0.322 e. The van der Waals surface area contributed by atoms with Gasteiger partial charge in [-0.15, -0.1) is 11.3 Å². The summed E-state index contributed by atoms with van der Waals surface area (Å²) in [6, 6.07) is 14.3. The second kappa shape index (κ2) is 10.3. The first-order valence-corrected chi connectivity index (χ1v) is 12.8. The molecule has 3 aromatic rings. The van der Waals surface area contributed by atoms with Crippen LogP contribution in [-0.4, -0.2) is 47.5 Å². The summed E-state index contributed by atoms with van der Waals surface area (Å²) in [5.74, 6) is 0.0903. The highest BCUT2D eigenvalue weighted by atomic mass is 35.5. The van der Waals surface area contributed by atoms with Crippen LogP contribution in [0.2, 0.25) is 5.02 Å². The van der Waals surface area contributed by atoms with Crippen molar-refractivity contribution in [3.8, 4) is 5.75 Å². The fraction of sp³-hybridized carbons (Fsp3) is 0.308. The highest BCUT2D eigenvalue weighted by Crippen LogP contribution is 2.35. The summed E-state index contributed by atoms with van der Waals surface area (Å²) < 4.78 is 19.2. The van der Waals surface area contributed by atoms with Gasteiger partial charge < -0.3 is 19.9 Å². The Kier molecular flexibility index (Phi) is 6.92. The van der Waals surface area contributed by atoms with E-state index in [0.29, 0.717) is 23.0 Å². The molecular formula is C26H25ClFN3O3S. The Bertz CT molecular complexity index is 1210. The Labute approximate surface area is 212 Å². The maximum absolute atomic E-state index is 13.5. The number of nitrogens with one attached hydrogen (secondary N) is 1. The Morgan fingerprint density at radius 3 is 2.71 bits per heavy atom. The first-order valence-electron chi connectivity index (χ1n) is 11.6. The summed E-state index contributed by atoms with van der Waals surface area (Å²) in [6.45, 7) is 0.793. The number of benzene rings is 2. The number of fused-ring (bicyclic) bond motifs is 1. The first kappa shape index (κ1) is 23.6. The van der Waals surface area contributed by atoms with Gasteiger partial charge in [0, 0.05) is 28.2 Å². The highest BCUT2D eigenvalue weighted by molar-refractivity contribution is 7.10. The van der Waals surface area contributed by atoms with E-state index >= 15 is 0 Å². The zero-order valence-electron chi connectivity index (χ0n) is 19.0. The minimum Gasteiger partial charge on any atom is -0.491 e. The molecular weight excluding hydrogens is 489 g/mol. The van der Waals surface area contributed by atoms with Gasteiger partial charge in [0.15, 0.2) is 0 Å². The number of carbonyl (C=O) groups is 2. The molecule has 1 atom stereocenters. The molecule has 2 heterocycles. The first-order chi connectivity index (χ1) is 17.0. The predicted octanol–water partition coefficient (Wildman–Crippen LogP) is 5.74. The molecule has 0 radical (unpaired) electrons. The molecule has 9 heteroatoms. The molecule has 1 aliphatic carbocycles. The summed E-state index contributed by atoms with van der Waals surface area (Å²) in [5.41, 5.74) is 1.66. The van der Waals surface area contributed by atoms with Gasteiger partial charge in [-0.05, 0) is 78.7 Å². The molecule has 2 aromatic carbocycles. The number of carbonyl (C=O) groups excluding carboxylic acids is 2. The summed E-state index contributed by atoms with van der Waals surface area (Å²) in [7, 11) is 0. The van der Waals surface area contributed by atoms with E-state index in [1.807, 2.05) is 11.4 Å². The largest absolute Gasteiger partial charge is 0.491 e. The normalized spacial score (nSPS) is 17.0. The summed E-state index contributed by atoms with van der Waals surface area (Å²) in [4.78, 5) is 31.2. The maximum atomic E-state index is 13.5. The van der Waals surface area contributed by atoms with Crippen LogP contribution in [-0.2, 0) is 11.2 Å². The molecule has 0 spiro atoms. The van der Waals surface area contributed by atoms with Gasteiger partial charge in [-0.3, -0.25) is 4.79 Å². The van der Waals surface area contributed by atoms with Crippen molar-refractivity contribution in [1.29, 1.82) is 0 Å². The summed E-state index contributed by atoms with van der Waals surface area (Å²) >= 11 is 7.72. The monoisotopic (exact) mass is 513 g/mol. The Hall–Kier alpha value is -3.10. The molecule has 5 rings (SSSR count). The molecule has 1 aliphatic heterocycles. The number of halogens is 2. The van der Waals surface area contributed by atoms with Gasteiger partial charge in [-0.1, -0.05) is 17.7 Å². The molecule has 1 N–H and O–H groups in total. The molecule has 6 nitrogen and oxygen atoms in total. The molecule has 35 heavy (non-hydrogen) atoms. The number of urea groups is 1. The zero-order chi connectivity index (χ0) is 24.4. The van der Waals surface area contributed by atoms with Crippen LogP contribution in [0.3, 0.4) is 0 Å². The lowest BCUT2D eigenvalue weighted by Crippen LogP contribution is -2.49. The lowest BCUT2D eigenvalue weighted by Gasteiger charge is -2.37. The third kappa shape index (κ3) is 5.60. The van der Waals surface area contributed by atoms with Gasteiger partial charge in [0.25, 0.3) is 0 Å². The number of hydrogen-bond donors (Lipinski definition) is 1. The minimum atomic E-state index is -0.330. The van der Waals surface area contributed by atoms with Crippen LogP contribution in [0.1, 0.15) is 29.3 Å². The number of nitrogens with zero attached hydrogens (tertiary/aromatic N) is 2. The van der Waals surface area contributed by atoms with E-state index in [1.165, 1.54) is 17.0 Å². The molecule has 1 saturated carbocycles. The van der Waals surface area contributed by atoms with E-state index < -0.39 is 0 Å². The van der Waals surface area contributed by atoms with Crippen molar-refractivity contribution in [2.75, 3.05) is 25.0 Å². The van der Waals surface area contributed by atoms with E-state index in [-0.39, 0.29) is 43.0 Å². The number of anilines is 1. The zero-order valence-corrected chi connectivity index (χ0v) is 20.5. The van der Waals surface area contributed by atoms with E-state index in [1.54, 1.807) is 57.5 Å². The molecule has 182 valence electrons. The second-order valence-electron chi connectivity index (χ2n) is 8.72. The minimum absolute atomic E-state index is 0.0103. The van der Waals surface area contributed by atoms with E-state index in [4.69, 9.17) is 16.3 Å².